The number of aromatic nitrogens is 4. The molecular weight excluding hydrogens is 430 g/mol. The number of amides is 1. The van der Waals surface area contributed by atoms with Gasteiger partial charge >= 0.3 is 0 Å². The molecule has 0 radical (unpaired) electrons. The minimum atomic E-state index is -3.86. The predicted octanol–water partition coefficient (Wildman–Crippen LogP) is 1.15. The maximum Gasteiger partial charge on any atom is 0.275 e. The highest BCUT2D eigenvalue weighted by atomic mass is 32.2. The lowest BCUT2D eigenvalue weighted by atomic mass is 10.3. The Balaban J connectivity index is 1.62. The van der Waals surface area contributed by atoms with Crippen molar-refractivity contribution in [2.24, 2.45) is 7.05 Å². The summed E-state index contributed by atoms with van der Waals surface area (Å²) >= 11 is 5.11. The van der Waals surface area contributed by atoms with Crippen molar-refractivity contribution in [2.75, 3.05) is 17.1 Å². The van der Waals surface area contributed by atoms with Crippen LogP contribution >= 0.6 is 12.2 Å². The van der Waals surface area contributed by atoms with Crippen LogP contribution in [-0.4, -0.2) is 46.5 Å². The number of carbonyl (C=O) groups excluding carboxylic acids is 1. The van der Waals surface area contributed by atoms with Gasteiger partial charge in [-0.05, 0) is 48.6 Å². The summed E-state index contributed by atoms with van der Waals surface area (Å²) in [6.45, 7) is 0. The SMILES string of the molecule is COc1ccc(NS(=O)(=O)c2ccc(NC(=S)NC(=O)c3ccnn3C)cc2)nn1. The number of hydrogen-bond acceptors (Lipinski definition) is 8. The van der Waals surface area contributed by atoms with E-state index in [-0.39, 0.29) is 21.7 Å². The Kier molecular flexibility index (Phi) is 6.23. The van der Waals surface area contributed by atoms with Gasteiger partial charge in [0.1, 0.15) is 5.69 Å². The quantitative estimate of drug-likeness (QED) is 0.475. The second kappa shape index (κ2) is 8.84. The Hall–Kier alpha value is -3.58. The van der Waals surface area contributed by atoms with E-state index in [4.69, 9.17) is 17.0 Å². The number of anilines is 2. The molecule has 0 saturated heterocycles. The zero-order chi connectivity index (χ0) is 21.7. The lowest BCUT2D eigenvalue weighted by molar-refractivity contribution is 0.0968. The molecule has 3 aromatic rings. The van der Waals surface area contributed by atoms with Crippen LogP contribution in [0.1, 0.15) is 10.5 Å². The number of nitrogens with one attached hydrogen (secondary N) is 3. The molecule has 3 rings (SSSR count). The number of rotatable bonds is 6. The summed E-state index contributed by atoms with van der Waals surface area (Å²) in [6.07, 6.45) is 1.50. The Labute approximate surface area is 177 Å². The summed E-state index contributed by atoms with van der Waals surface area (Å²) in [5.74, 6) is -0.103. The first-order valence-electron chi connectivity index (χ1n) is 8.39. The third-order valence-electron chi connectivity index (χ3n) is 3.79. The molecule has 0 aliphatic carbocycles. The summed E-state index contributed by atoms with van der Waals surface area (Å²) in [7, 11) is -0.800. The first-order chi connectivity index (χ1) is 14.3. The van der Waals surface area contributed by atoms with Gasteiger partial charge in [-0.15, -0.1) is 10.2 Å². The highest BCUT2D eigenvalue weighted by molar-refractivity contribution is 7.92. The van der Waals surface area contributed by atoms with Crippen LogP contribution in [-0.2, 0) is 17.1 Å². The van der Waals surface area contributed by atoms with Crippen LogP contribution in [0.4, 0.5) is 11.5 Å². The zero-order valence-electron chi connectivity index (χ0n) is 15.9. The van der Waals surface area contributed by atoms with Gasteiger partial charge in [0.15, 0.2) is 10.9 Å². The fraction of sp³-hybridized carbons (Fsp3) is 0.118. The molecule has 0 unspecified atom stereocenters. The Morgan fingerprint density at radius 1 is 1.10 bits per heavy atom. The van der Waals surface area contributed by atoms with Gasteiger partial charge in [0.2, 0.25) is 5.88 Å². The molecular formula is C17H17N7O4S2. The monoisotopic (exact) mass is 447 g/mol. The number of benzene rings is 1. The van der Waals surface area contributed by atoms with Gasteiger partial charge in [0.25, 0.3) is 15.9 Å². The normalized spacial score (nSPS) is 10.9. The molecule has 0 aliphatic heterocycles. The lowest BCUT2D eigenvalue weighted by Gasteiger charge is -2.11. The van der Waals surface area contributed by atoms with E-state index >= 15 is 0 Å². The molecule has 30 heavy (non-hydrogen) atoms. The van der Waals surface area contributed by atoms with Crippen molar-refractivity contribution < 1.29 is 17.9 Å². The average molecular weight is 448 g/mol. The topological polar surface area (TPSA) is 140 Å². The number of ether oxygens (including phenoxy) is 1. The molecule has 156 valence electrons. The number of nitrogens with zero attached hydrogens (tertiary/aromatic N) is 4. The molecule has 1 aromatic carbocycles. The Morgan fingerprint density at radius 3 is 2.40 bits per heavy atom. The van der Waals surface area contributed by atoms with Crippen molar-refractivity contribution in [2.45, 2.75) is 4.90 Å². The van der Waals surface area contributed by atoms with Crippen LogP contribution in [0.2, 0.25) is 0 Å². The highest BCUT2D eigenvalue weighted by Gasteiger charge is 2.16. The van der Waals surface area contributed by atoms with Crippen molar-refractivity contribution in [1.29, 1.82) is 0 Å². The molecule has 11 nitrogen and oxygen atoms in total. The van der Waals surface area contributed by atoms with Crippen LogP contribution in [0.15, 0.2) is 53.6 Å². The smallest absolute Gasteiger partial charge is 0.275 e. The fourth-order valence-electron chi connectivity index (χ4n) is 2.32. The standard InChI is InChI=1S/C17H17N7O4S2/c1-24-13(9-10-18-24)16(25)20-17(29)19-11-3-5-12(6-4-11)30(26,27)23-14-7-8-15(28-2)22-21-14/h3-10H,1-2H3,(H,21,23)(H2,19,20,25,29). The number of thiocarbonyl (C=S) groups is 1. The summed E-state index contributed by atoms with van der Waals surface area (Å²) in [4.78, 5) is 12.1. The maximum absolute atomic E-state index is 12.5. The van der Waals surface area contributed by atoms with E-state index in [0.29, 0.717) is 11.4 Å². The molecule has 2 heterocycles. The third kappa shape index (κ3) is 5.07. The molecule has 0 saturated carbocycles. The van der Waals surface area contributed by atoms with Gasteiger partial charge in [-0.25, -0.2) is 8.42 Å². The molecule has 0 aliphatic rings. The fourth-order valence-corrected chi connectivity index (χ4v) is 3.53. The van der Waals surface area contributed by atoms with E-state index in [2.05, 4.69) is 30.7 Å². The molecule has 0 bridgehead atoms. The summed E-state index contributed by atoms with van der Waals surface area (Å²) in [6, 6.07) is 10.3. The van der Waals surface area contributed by atoms with E-state index in [1.54, 1.807) is 13.1 Å². The summed E-state index contributed by atoms with van der Waals surface area (Å²) in [5.41, 5.74) is 0.835. The van der Waals surface area contributed by atoms with E-state index in [1.807, 2.05) is 0 Å². The van der Waals surface area contributed by atoms with Crippen molar-refractivity contribution in [3.05, 3.63) is 54.4 Å². The number of aryl methyl sites for hydroxylation is 1. The molecule has 0 fully saturated rings. The first kappa shape index (κ1) is 21.1. The minimum absolute atomic E-state index is 0.00973. The van der Waals surface area contributed by atoms with Crippen molar-refractivity contribution in [1.82, 2.24) is 25.3 Å². The minimum Gasteiger partial charge on any atom is -0.480 e. The lowest BCUT2D eigenvalue weighted by Crippen LogP contribution is -2.35. The van der Waals surface area contributed by atoms with Crippen LogP contribution in [0.25, 0.3) is 0 Å². The van der Waals surface area contributed by atoms with Gasteiger partial charge in [-0.3, -0.25) is 19.5 Å². The highest BCUT2D eigenvalue weighted by Crippen LogP contribution is 2.17. The summed E-state index contributed by atoms with van der Waals surface area (Å²) < 4.78 is 33.6. The van der Waals surface area contributed by atoms with Crippen molar-refractivity contribution in [3.63, 3.8) is 0 Å². The van der Waals surface area contributed by atoms with Crippen LogP contribution in [0, 0.1) is 0 Å². The van der Waals surface area contributed by atoms with Crippen molar-refractivity contribution >= 4 is 44.8 Å². The number of hydrogen-bond donors (Lipinski definition) is 3. The zero-order valence-corrected chi connectivity index (χ0v) is 17.5. The van der Waals surface area contributed by atoms with Crippen LogP contribution in [0.5, 0.6) is 5.88 Å². The molecule has 0 spiro atoms. The third-order valence-corrected chi connectivity index (χ3v) is 5.37. The number of sulfonamides is 1. The van der Waals surface area contributed by atoms with E-state index in [9.17, 15) is 13.2 Å². The Morgan fingerprint density at radius 2 is 1.83 bits per heavy atom. The van der Waals surface area contributed by atoms with Crippen LogP contribution < -0.4 is 20.1 Å². The van der Waals surface area contributed by atoms with E-state index < -0.39 is 15.9 Å². The largest absolute Gasteiger partial charge is 0.480 e. The van der Waals surface area contributed by atoms with E-state index in [0.717, 1.165) is 0 Å². The second-order valence-corrected chi connectivity index (χ2v) is 7.93. The van der Waals surface area contributed by atoms with Gasteiger partial charge in [-0.1, -0.05) is 0 Å². The Bertz CT molecular complexity index is 1160. The molecule has 0 atom stereocenters. The molecule has 1 amide bonds. The van der Waals surface area contributed by atoms with Crippen molar-refractivity contribution in [3.8, 4) is 5.88 Å². The number of methoxy groups -OCH3 is 1. The maximum atomic E-state index is 12.5. The molecule has 2 aromatic heterocycles. The van der Waals surface area contributed by atoms with E-state index in [1.165, 1.54) is 54.4 Å². The van der Waals surface area contributed by atoms with Gasteiger partial charge < -0.3 is 10.1 Å². The van der Waals surface area contributed by atoms with Gasteiger partial charge in [-0.2, -0.15) is 5.10 Å². The number of carbonyl (C=O) groups is 1. The summed E-state index contributed by atoms with van der Waals surface area (Å²) in [5, 5.41) is 16.7. The first-order valence-corrected chi connectivity index (χ1v) is 10.3. The van der Waals surface area contributed by atoms with Gasteiger partial charge in [0.05, 0.1) is 12.0 Å². The second-order valence-electron chi connectivity index (χ2n) is 5.84. The molecule has 13 heteroatoms. The molecule has 3 N–H and O–H groups in total. The van der Waals surface area contributed by atoms with Gasteiger partial charge in [0, 0.05) is 25.0 Å². The predicted molar refractivity (Wildman–Crippen MR) is 113 cm³/mol. The van der Waals surface area contributed by atoms with Crippen LogP contribution in [0.3, 0.4) is 0 Å². The average Bonchev–Trinajstić information content (AvgIpc) is 3.14.